The molecule has 0 spiro atoms. The summed E-state index contributed by atoms with van der Waals surface area (Å²) in [5, 5.41) is 5.21. The number of hydrogen-bond acceptors (Lipinski definition) is 5. The zero-order chi connectivity index (χ0) is 17.6. The van der Waals surface area contributed by atoms with Crippen molar-refractivity contribution in [3.8, 4) is 17.2 Å². The highest BCUT2D eigenvalue weighted by atomic mass is 32.1. The highest BCUT2D eigenvalue weighted by Crippen LogP contribution is 2.26. The zero-order valence-electron chi connectivity index (χ0n) is 14.2. The smallest absolute Gasteiger partial charge is 0.257 e. The Labute approximate surface area is 150 Å². The van der Waals surface area contributed by atoms with Gasteiger partial charge in [-0.3, -0.25) is 10.1 Å². The van der Waals surface area contributed by atoms with Gasteiger partial charge in [-0.05, 0) is 49.7 Å². The lowest BCUT2D eigenvalue weighted by atomic mass is 10.2. The Balaban J connectivity index is 1.61. The maximum Gasteiger partial charge on any atom is 0.257 e. The summed E-state index contributed by atoms with van der Waals surface area (Å²) in [5.74, 6) is 2.10. The molecular weight excluding hydrogens is 336 g/mol. The Hall–Kier alpha value is -2.60. The van der Waals surface area contributed by atoms with Gasteiger partial charge in [-0.1, -0.05) is 13.3 Å². The molecule has 3 rings (SSSR count). The largest absolute Gasteiger partial charge is 0.494 e. The molecule has 0 aliphatic rings. The SMILES string of the molecule is CCCCOc1ccc(C(=O)Nc2nc(-c3ccc(C)o3)cs2)cc1. The highest BCUT2D eigenvalue weighted by Gasteiger charge is 2.12. The first-order chi connectivity index (χ1) is 12.2. The van der Waals surface area contributed by atoms with Gasteiger partial charge in [-0.25, -0.2) is 4.98 Å². The van der Waals surface area contributed by atoms with E-state index in [1.807, 2.05) is 36.6 Å². The third-order valence-electron chi connectivity index (χ3n) is 3.60. The summed E-state index contributed by atoms with van der Waals surface area (Å²) in [4.78, 5) is 16.7. The molecule has 6 heteroatoms. The number of benzene rings is 1. The monoisotopic (exact) mass is 356 g/mol. The van der Waals surface area contributed by atoms with Crippen LogP contribution in [-0.2, 0) is 0 Å². The van der Waals surface area contributed by atoms with E-state index in [9.17, 15) is 4.79 Å². The van der Waals surface area contributed by atoms with E-state index in [2.05, 4.69) is 17.2 Å². The van der Waals surface area contributed by atoms with Gasteiger partial charge < -0.3 is 9.15 Å². The summed E-state index contributed by atoms with van der Waals surface area (Å²) < 4.78 is 11.1. The first-order valence-electron chi connectivity index (χ1n) is 8.22. The summed E-state index contributed by atoms with van der Waals surface area (Å²) in [6.07, 6.45) is 2.11. The maximum atomic E-state index is 12.3. The van der Waals surface area contributed by atoms with E-state index in [0.717, 1.165) is 24.4 Å². The van der Waals surface area contributed by atoms with Crippen molar-refractivity contribution in [3.05, 3.63) is 53.1 Å². The van der Waals surface area contributed by atoms with E-state index in [0.29, 0.717) is 28.8 Å². The number of carbonyl (C=O) groups excluding carboxylic acids is 1. The molecule has 0 aliphatic heterocycles. The number of hydrogen-bond donors (Lipinski definition) is 1. The number of carbonyl (C=O) groups is 1. The minimum atomic E-state index is -0.198. The molecule has 0 aliphatic carbocycles. The maximum absolute atomic E-state index is 12.3. The second-order valence-corrected chi connectivity index (χ2v) is 6.49. The molecule has 2 aromatic heterocycles. The lowest BCUT2D eigenvalue weighted by Gasteiger charge is -2.06. The van der Waals surface area contributed by atoms with Crippen LogP contribution in [0.3, 0.4) is 0 Å². The third kappa shape index (κ3) is 4.48. The van der Waals surface area contributed by atoms with Gasteiger partial charge in [0.25, 0.3) is 5.91 Å². The van der Waals surface area contributed by atoms with Gasteiger partial charge in [0.2, 0.25) is 0 Å². The van der Waals surface area contributed by atoms with Crippen LogP contribution in [0.5, 0.6) is 5.75 Å². The van der Waals surface area contributed by atoms with E-state index in [1.165, 1.54) is 11.3 Å². The van der Waals surface area contributed by atoms with Crippen LogP contribution in [0.4, 0.5) is 5.13 Å². The van der Waals surface area contributed by atoms with Gasteiger partial charge >= 0.3 is 0 Å². The van der Waals surface area contributed by atoms with E-state index in [4.69, 9.17) is 9.15 Å². The quantitative estimate of drug-likeness (QED) is 0.595. The Morgan fingerprint density at radius 2 is 2.04 bits per heavy atom. The summed E-state index contributed by atoms with van der Waals surface area (Å²) in [6, 6.07) is 10.9. The number of aromatic nitrogens is 1. The van der Waals surface area contributed by atoms with Crippen molar-refractivity contribution < 1.29 is 13.9 Å². The number of thiazole rings is 1. The topological polar surface area (TPSA) is 64.4 Å². The van der Waals surface area contributed by atoms with Crippen LogP contribution in [0.15, 0.2) is 46.2 Å². The number of ether oxygens (including phenoxy) is 1. The first kappa shape index (κ1) is 17.2. The van der Waals surface area contributed by atoms with Gasteiger partial charge in [-0.15, -0.1) is 11.3 Å². The van der Waals surface area contributed by atoms with E-state index < -0.39 is 0 Å². The number of rotatable bonds is 7. The third-order valence-corrected chi connectivity index (χ3v) is 4.36. The van der Waals surface area contributed by atoms with Crippen LogP contribution >= 0.6 is 11.3 Å². The molecule has 1 N–H and O–H groups in total. The molecule has 0 saturated heterocycles. The zero-order valence-corrected chi connectivity index (χ0v) is 15.1. The van der Waals surface area contributed by atoms with Gasteiger partial charge in [0.05, 0.1) is 6.61 Å². The predicted octanol–water partition coefficient (Wildman–Crippen LogP) is 5.14. The average molecular weight is 356 g/mol. The van der Waals surface area contributed by atoms with Crippen molar-refractivity contribution in [3.63, 3.8) is 0 Å². The molecule has 0 bridgehead atoms. The highest BCUT2D eigenvalue weighted by molar-refractivity contribution is 7.14. The molecule has 0 unspecified atom stereocenters. The van der Waals surface area contributed by atoms with Crippen LogP contribution in [0.2, 0.25) is 0 Å². The Kier molecular flexibility index (Phi) is 5.50. The molecule has 0 fully saturated rings. The molecule has 130 valence electrons. The number of unbranched alkanes of at least 4 members (excludes halogenated alkanes) is 1. The van der Waals surface area contributed by atoms with E-state index >= 15 is 0 Å². The van der Waals surface area contributed by atoms with Crippen molar-refractivity contribution in [2.24, 2.45) is 0 Å². The average Bonchev–Trinajstić information content (AvgIpc) is 3.24. The summed E-state index contributed by atoms with van der Waals surface area (Å²) in [6.45, 7) is 4.69. The molecular formula is C19H20N2O3S. The first-order valence-corrected chi connectivity index (χ1v) is 9.10. The van der Waals surface area contributed by atoms with Gasteiger partial charge in [0.1, 0.15) is 17.2 Å². The summed E-state index contributed by atoms with van der Waals surface area (Å²) in [7, 11) is 0. The second kappa shape index (κ2) is 7.98. The molecule has 3 aromatic rings. The molecule has 1 aromatic carbocycles. The Morgan fingerprint density at radius 1 is 1.24 bits per heavy atom. The van der Waals surface area contributed by atoms with Gasteiger partial charge in [-0.2, -0.15) is 0 Å². The van der Waals surface area contributed by atoms with Gasteiger partial charge in [0, 0.05) is 10.9 Å². The standard InChI is InChI=1S/C19H20N2O3S/c1-3-4-11-23-15-8-6-14(7-9-15)18(22)21-19-20-16(12-25-19)17-10-5-13(2)24-17/h5-10,12H,3-4,11H2,1-2H3,(H,20,21,22). The molecule has 2 heterocycles. The molecule has 0 atom stereocenters. The Morgan fingerprint density at radius 3 is 2.72 bits per heavy atom. The molecule has 0 saturated carbocycles. The molecule has 0 radical (unpaired) electrons. The minimum Gasteiger partial charge on any atom is -0.494 e. The van der Waals surface area contributed by atoms with Crippen LogP contribution in [0.25, 0.3) is 11.5 Å². The van der Waals surface area contributed by atoms with Crippen molar-refractivity contribution in [1.82, 2.24) is 4.98 Å². The van der Waals surface area contributed by atoms with E-state index in [-0.39, 0.29) is 5.91 Å². The van der Waals surface area contributed by atoms with Crippen molar-refractivity contribution in [2.45, 2.75) is 26.7 Å². The minimum absolute atomic E-state index is 0.198. The fraction of sp³-hybridized carbons (Fsp3) is 0.263. The molecule has 5 nitrogen and oxygen atoms in total. The lowest BCUT2D eigenvalue weighted by molar-refractivity contribution is 0.102. The van der Waals surface area contributed by atoms with Crippen molar-refractivity contribution in [2.75, 3.05) is 11.9 Å². The normalized spacial score (nSPS) is 10.6. The number of anilines is 1. The van der Waals surface area contributed by atoms with Crippen LogP contribution in [-0.4, -0.2) is 17.5 Å². The summed E-state index contributed by atoms with van der Waals surface area (Å²) in [5.41, 5.74) is 1.28. The van der Waals surface area contributed by atoms with E-state index in [1.54, 1.807) is 12.1 Å². The summed E-state index contributed by atoms with van der Waals surface area (Å²) >= 11 is 1.37. The second-order valence-electron chi connectivity index (χ2n) is 5.63. The Bertz CT molecular complexity index is 836. The van der Waals surface area contributed by atoms with Crippen LogP contribution in [0.1, 0.15) is 35.9 Å². The molecule has 1 amide bonds. The van der Waals surface area contributed by atoms with Crippen molar-refractivity contribution >= 4 is 22.4 Å². The number of aryl methyl sites for hydroxylation is 1. The fourth-order valence-electron chi connectivity index (χ4n) is 2.22. The number of furan rings is 1. The van der Waals surface area contributed by atoms with Gasteiger partial charge in [0.15, 0.2) is 10.9 Å². The fourth-order valence-corrected chi connectivity index (χ4v) is 2.92. The lowest BCUT2D eigenvalue weighted by Crippen LogP contribution is -2.11. The predicted molar refractivity (Wildman–Crippen MR) is 99.4 cm³/mol. The van der Waals surface area contributed by atoms with Crippen LogP contribution < -0.4 is 10.1 Å². The number of nitrogens with one attached hydrogen (secondary N) is 1. The molecule has 25 heavy (non-hydrogen) atoms. The van der Waals surface area contributed by atoms with Crippen molar-refractivity contribution in [1.29, 1.82) is 0 Å². The van der Waals surface area contributed by atoms with Crippen LogP contribution in [0, 0.1) is 6.92 Å². The number of amides is 1. The number of nitrogens with zero attached hydrogens (tertiary/aromatic N) is 1.